The highest BCUT2D eigenvalue weighted by Gasteiger charge is 2.33. The minimum atomic E-state index is -0.438. The van der Waals surface area contributed by atoms with Crippen LogP contribution >= 0.6 is 11.8 Å². The Kier molecular flexibility index (Phi) is 3.87. The van der Waals surface area contributed by atoms with E-state index in [1.807, 2.05) is 13.0 Å². The van der Waals surface area contributed by atoms with Crippen LogP contribution in [0.1, 0.15) is 25.8 Å². The monoisotopic (exact) mass is 316 g/mol. The first-order valence-electron chi connectivity index (χ1n) is 7.05. The van der Waals surface area contributed by atoms with Crippen molar-refractivity contribution in [2.24, 2.45) is 10.7 Å². The number of halogens is 1. The fourth-order valence-electron chi connectivity index (χ4n) is 2.82. The largest absolute Gasteiger partial charge is 0.379 e. The van der Waals surface area contributed by atoms with Crippen molar-refractivity contribution in [3.05, 3.63) is 48.3 Å². The van der Waals surface area contributed by atoms with Gasteiger partial charge in [-0.2, -0.15) is 0 Å². The van der Waals surface area contributed by atoms with Gasteiger partial charge in [-0.25, -0.2) is 14.4 Å². The van der Waals surface area contributed by atoms with Crippen molar-refractivity contribution in [3.8, 4) is 11.1 Å². The van der Waals surface area contributed by atoms with Gasteiger partial charge in [0, 0.05) is 28.8 Å². The summed E-state index contributed by atoms with van der Waals surface area (Å²) in [4.78, 5) is 12.5. The SMILES string of the molecule is C[C@@H]1C[C@@](C)(c2ccc(F)c(-c3cncnc3)c2)N=C(N)S1. The van der Waals surface area contributed by atoms with Gasteiger partial charge < -0.3 is 5.73 Å². The Morgan fingerprint density at radius 2 is 2.05 bits per heavy atom. The molecule has 6 heteroatoms. The van der Waals surface area contributed by atoms with Gasteiger partial charge in [0.1, 0.15) is 12.1 Å². The summed E-state index contributed by atoms with van der Waals surface area (Å²) in [6.07, 6.45) is 5.50. The van der Waals surface area contributed by atoms with Gasteiger partial charge in [0.2, 0.25) is 0 Å². The summed E-state index contributed by atoms with van der Waals surface area (Å²) in [5.74, 6) is -0.294. The maximum atomic E-state index is 14.2. The van der Waals surface area contributed by atoms with Crippen LogP contribution in [0.4, 0.5) is 4.39 Å². The summed E-state index contributed by atoms with van der Waals surface area (Å²) in [6.45, 7) is 4.16. The van der Waals surface area contributed by atoms with Gasteiger partial charge in [0.25, 0.3) is 0 Å². The normalized spacial score (nSPS) is 24.9. The number of thioether (sulfide) groups is 1. The molecule has 0 unspecified atom stereocenters. The van der Waals surface area contributed by atoms with E-state index in [4.69, 9.17) is 5.73 Å². The Hall–Kier alpha value is -1.95. The zero-order valence-electron chi connectivity index (χ0n) is 12.5. The van der Waals surface area contributed by atoms with Crippen LogP contribution in [0.25, 0.3) is 11.1 Å². The second kappa shape index (κ2) is 5.68. The Morgan fingerprint density at radius 3 is 2.73 bits per heavy atom. The molecular formula is C16H17FN4S. The predicted octanol–water partition coefficient (Wildman–Crippen LogP) is 3.34. The molecular weight excluding hydrogens is 299 g/mol. The minimum absolute atomic E-state index is 0.294. The van der Waals surface area contributed by atoms with Crippen LogP contribution in [0.15, 0.2) is 41.9 Å². The van der Waals surface area contributed by atoms with Crippen molar-refractivity contribution in [1.29, 1.82) is 0 Å². The standard InChI is InChI=1S/C16H17FN4S/c1-10-6-16(2,21-15(18)22-10)12-3-4-14(17)13(5-12)11-7-19-9-20-8-11/h3-5,7-10H,6H2,1-2H3,(H2,18,21)/t10-,16+/m1/s1. The fraction of sp³-hybridized carbons (Fsp3) is 0.312. The molecule has 2 atom stereocenters. The summed E-state index contributed by atoms with van der Waals surface area (Å²) in [5.41, 5.74) is 7.58. The molecule has 114 valence electrons. The lowest BCUT2D eigenvalue weighted by Crippen LogP contribution is -2.32. The summed E-state index contributed by atoms with van der Waals surface area (Å²) >= 11 is 1.58. The zero-order chi connectivity index (χ0) is 15.7. The summed E-state index contributed by atoms with van der Waals surface area (Å²) < 4.78 is 14.2. The molecule has 0 saturated heterocycles. The van der Waals surface area contributed by atoms with Gasteiger partial charge >= 0.3 is 0 Å². The van der Waals surface area contributed by atoms with Gasteiger partial charge in [-0.3, -0.25) is 4.99 Å². The quantitative estimate of drug-likeness (QED) is 0.923. The van der Waals surface area contributed by atoms with Crippen LogP contribution in [-0.2, 0) is 5.54 Å². The Bertz CT molecular complexity index is 719. The number of benzene rings is 1. The molecule has 2 aromatic rings. The smallest absolute Gasteiger partial charge is 0.155 e. The molecule has 1 aliphatic rings. The zero-order valence-corrected chi connectivity index (χ0v) is 13.3. The first-order valence-corrected chi connectivity index (χ1v) is 7.93. The summed E-state index contributed by atoms with van der Waals surface area (Å²) in [7, 11) is 0. The van der Waals surface area contributed by atoms with Crippen molar-refractivity contribution in [2.75, 3.05) is 0 Å². The third kappa shape index (κ3) is 2.83. The lowest BCUT2D eigenvalue weighted by Gasteiger charge is -2.33. The third-order valence-electron chi connectivity index (χ3n) is 3.82. The summed E-state index contributed by atoms with van der Waals surface area (Å²) in [6, 6.07) is 5.08. The molecule has 3 rings (SSSR count). The number of nitrogens with zero attached hydrogens (tertiary/aromatic N) is 3. The average Bonchev–Trinajstić information content (AvgIpc) is 2.47. The first kappa shape index (κ1) is 15.0. The van der Waals surface area contributed by atoms with E-state index in [0.717, 1.165) is 12.0 Å². The number of rotatable bonds is 2. The van der Waals surface area contributed by atoms with Gasteiger partial charge in [0.15, 0.2) is 5.17 Å². The highest BCUT2D eigenvalue weighted by Crippen LogP contribution is 2.40. The highest BCUT2D eigenvalue weighted by molar-refractivity contribution is 8.14. The Labute approximate surface area is 133 Å². The van der Waals surface area contributed by atoms with Crippen LogP contribution < -0.4 is 5.73 Å². The number of hydrogen-bond acceptors (Lipinski definition) is 5. The average molecular weight is 316 g/mol. The van der Waals surface area contributed by atoms with Crippen molar-refractivity contribution in [2.45, 2.75) is 31.1 Å². The molecule has 2 N–H and O–H groups in total. The molecule has 0 amide bonds. The molecule has 0 bridgehead atoms. The highest BCUT2D eigenvalue weighted by atomic mass is 32.2. The van der Waals surface area contributed by atoms with Crippen molar-refractivity contribution in [3.63, 3.8) is 0 Å². The molecule has 0 aliphatic carbocycles. The maximum Gasteiger partial charge on any atom is 0.155 e. The van der Waals surface area contributed by atoms with Crippen LogP contribution in [-0.4, -0.2) is 20.4 Å². The van der Waals surface area contributed by atoms with E-state index in [9.17, 15) is 4.39 Å². The Morgan fingerprint density at radius 1 is 1.32 bits per heavy atom. The van der Waals surface area contributed by atoms with Gasteiger partial charge in [-0.15, -0.1) is 0 Å². The lowest BCUT2D eigenvalue weighted by atomic mass is 9.86. The molecule has 0 radical (unpaired) electrons. The van der Waals surface area contributed by atoms with Crippen LogP contribution in [0.5, 0.6) is 0 Å². The third-order valence-corrected chi connectivity index (χ3v) is 4.73. The second-order valence-electron chi connectivity index (χ2n) is 5.68. The first-order chi connectivity index (χ1) is 10.5. The molecule has 2 heterocycles. The number of nitrogens with two attached hydrogens (primary N) is 1. The molecule has 0 fully saturated rings. The van der Waals surface area contributed by atoms with Crippen molar-refractivity contribution < 1.29 is 4.39 Å². The molecule has 0 saturated carbocycles. The van der Waals surface area contributed by atoms with E-state index in [1.54, 1.807) is 30.2 Å². The molecule has 1 aromatic carbocycles. The van der Waals surface area contributed by atoms with Crippen LogP contribution in [0, 0.1) is 5.82 Å². The number of aromatic nitrogens is 2. The van der Waals surface area contributed by atoms with E-state index in [2.05, 4.69) is 21.9 Å². The van der Waals surface area contributed by atoms with Crippen molar-refractivity contribution >= 4 is 16.9 Å². The van der Waals surface area contributed by atoms with E-state index in [-0.39, 0.29) is 5.82 Å². The second-order valence-corrected chi connectivity index (χ2v) is 7.14. The predicted molar refractivity (Wildman–Crippen MR) is 88.1 cm³/mol. The number of amidine groups is 1. The maximum absolute atomic E-state index is 14.2. The number of hydrogen-bond donors (Lipinski definition) is 1. The lowest BCUT2D eigenvalue weighted by molar-refractivity contribution is 0.452. The molecule has 1 aliphatic heterocycles. The van der Waals surface area contributed by atoms with Gasteiger partial charge in [0.05, 0.1) is 5.54 Å². The molecule has 1 aromatic heterocycles. The van der Waals surface area contributed by atoms with Gasteiger partial charge in [-0.1, -0.05) is 24.8 Å². The van der Waals surface area contributed by atoms with Crippen LogP contribution in [0.2, 0.25) is 0 Å². The van der Waals surface area contributed by atoms with Gasteiger partial charge in [-0.05, 0) is 31.0 Å². The molecule has 0 spiro atoms. The van der Waals surface area contributed by atoms with E-state index in [0.29, 0.717) is 21.5 Å². The van der Waals surface area contributed by atoms with E-state index in [1.165, 1.54) is 12.4 Å². The van der Waals surface area contributed by atoms with Crippen molar-refractivity contribution in [1.82, 2.24) is 9.97 Å². The Balaban J connectivity index is 2.08. The fourth-order valence-corrected chi connectivity index (χ4v) is 3.90. The molecule has 22 heavy (non-hydrogen) atoms. The summed E-state index contributed by atoms with van der Waals surface area (Å²) in [5, 5.41) is 0.950. The minimum Gasteiger partial charge on any atom is -0.379 e. The van der Waals surface area contributed by atoms with Crippen LogP contribution in [0.3, 0.4) is 0 Å². The van der Waals surface area contributed by atoms with E-state index < -0.39 is 5.54 Å². The topological polar surface area (TPSA) is 64.2 Å². The molecule has 4 nitrogen and oxygen atoms in total. The number of aliphatic imine (C=N–C) groups is 1. The van der Waals surface area contributed by atoms with E-state index >= 15 is 0 Å².